The van der Waals surface area contributed by atoms with Gasteiger partial charge in [-0.1, -0.05) is 30.3 Å². The van der Waals surface area contributed by atoms with E-state index in [-0.39, 0.29) is 12.6 Å². The van der Waals surface area contributed by atoms with Crippen molar-refractivity contribution in [3.05, 3.63) is 66.0 Å². The molecule has 0 saturated heterocycles. The molecular formula is C24H27FN2O5S. The number of hydrogen-bond acceptors (Lipinski definition) is 6. The molecule has 1 aliphatic carbocycles. The molecule has 7 nitrogen and oxygen atoms in total. The molecule has 33 heavy (non-hydrogen) atoms. The molecule has 0 bridgehead atoms. The highest BCUT2D eigenvalue weighted by molar-refractivity contribution is 7.98. The van der Waals surface area contributed by atoms with Crippen LogP contribution in [0.5, 0.6) is 5.75 Å². The summed E-state index contributed by atoms with van der Waals surface area (Å²) in [5.74, 6) is -1.03. The molecule has 3 rings (SSSR count). The first kappa shape index (κ1) is 24.6. The van der Waals surface area contributed by atoms with Crippen molar-refractivity contribution in [3.8, 4) is 5.75 Å². The summed E-state index contributed by atoms with van der Waals surface area (Å²) in [6.45, 7) is -0.267. The van der Waals surface area contributed by atoms with Crippen molar-refractivity contribution < 1.29 is 28.2 Å². The number of esters is 1. The second-order valence-corrected chi connectivity index (χ2v) is 8.64. The summed E-state index contributed by atoms with van der Waals surface area (Å²) in [7, 11) is 0. The Morgan fingerprint density at radius 1 is 1.09 bits per heavy atom. The molecule has 9 heteroatoms. The van der Waals surface area contributed by atoms with Crippen LogP contribution in [0.4, 0.5) is 4.39 Å². The molecule has 0 spiro atoms. The van der Waals surface area contributed by atoms with Crippen LogP contribution in [0.2, 0.25) is 0 Å². The average molecular weight is 475 g/mol. The number of halogens is 1. The lowest BCUT2D eigenvalue weighted by molar-refractivity contribution is -0.159. The van der Waals surface area contributed by atoms with E-state index in [1.807, 2.05) is 12.3 Å². The van der Waals surface area contributed by atoms with E-state index >= 15 is 0 Å². The Morgan fingerprint density at radius 3 is 2.42 bits per heavy atom. The molecule has 1 fully saturated rings. The highest BCUT2D eigenvalue weighted by atomic mass is 32.2. The Hall–Kier alpha value is -3.07. The topological polar surface area (TPSA) is 93.7 Å². The molecular weight excluding hydrogens is 447 g/mol. The van der Waals surface area contributed by atoms with Gasteiger partial charge in [0.25, 0.3) is 11.8 Å². The summed E-state index contributed by atoms with van der Waals surface area (Å²) >= 11 is 1.51. The van der Waals surface area contributed by atoms with Gasteiger partial charge in [0.1, 0.15) is 17.6 Å². The van der Waals surface area contributed by atoms with Gasteiger partial charge in [-0.05, 0) is 55.5 Å². The molecule has 0 heterocycles. The van der Waals surface area contributed by atoms with Gasteiger partial charge in [-0.15, -0.1) is 0 Å². The largest absolute Gasteiger partial charge is 0.484 e. The van der Waals surface area contributed by atoms with Crippen LogP contribution in [0.3, 0.4) is 0 Å². The van der Waals surface area contributed by atoms with Crippen molar-refractivity contribution in [2.75, 3.05) is 18.6 Å². The zero-order valence-electron chi connectivity index (χ0n) is 18.3. The van der Waals surface area contributed by atoms with Gasteiger partial charge in [-0.2, -0.15) is 11.8 Å². The number of hydrogen-bond donors (Lipinski definition) is 2. The van der Waals surface area contributed by atoms with E-state index in [2.05, 4.69) is 10.6 Å². The summed E-state index contributed by atoms with van der Waals surface area (Å²) < 4.78 is 24.4. The first-order valence-electron chi connectivity index (χ1n) is 10.7. The summed E-state index contributed by atoms with van der Waals surface area (Å²) in [4.78, 5) is 38.1. The summed E-state index contributed by atoms with van der Waals surface area (Å²) in [6, 6.07) is 13.2. The number of benzene rings is 2. The van der Waals surface area contributed by atoms with Crippen LogP contribution in [0, 0.1) is 5.82 Å². The summed E-state index contributed by atoms with van der Waals surface area (Å²) in [5, 5.41) is 5.45. The van der Waals surface area contributed by atoms with Crippen LogP contribution in [-0.2, 0) is 19.1 Å². The Kier molecular flexibility index (Phi) is 9.12. The fraction of sp³-hybridized carbons (Fsp3) is 0.375. The predicted octanol–water partition coefficient (Wildman–Crippen LogP) is 3.01. The second-order valence-electron chi connectivity index (χ2n) is 7.65. The van der Waals surface area contributed by atoms with E-state index < -0.39 is 35.7 Å². The van der Waals surface area contributed by atoms with Crippen LogP contribution in [0.1, 0.15) is 30.9 Å². The number of para-hydroxylation sites is 1. The SMILES string of the molecule is CSCCC(NC(=O)COc1ccccc1)C(=O)OC(C(=O)NC1CC1)c1ccc(F)cc1. The van der Waals surface area contributed by atoms with Crippen molar-refractivity contribution in [1.29, 1.82) is 0 Å². The van der Waals surface area contributed by atoms with Gasteiger partial charge >= 0.3 is 5.97 Å². The third kappa shape index (κ3) is 8.09. The van der Waals surface area contributed by atoms with E-state index in [1.165, 1.54) is 36.0 Å². The van der Waals surface area contributed by atoms with Gasteiger partial charge in [0.2, 0.25) is 6.10 Å². The smallest absolute Gasteiger partial charge is 0.329 e. The summed E-state index contributed by atoms with van der Waals surface area (Å²) in [6.07, 6.45) is 2.69. The van der Waals surface area contributed by atoms with E-state index in [4.69, 9.17) is 9.47 Å². The first-order chi connectivity index (χ1) is 16.0. The van der Waals surface area contributed by atoms with Crippen molar-refractivity contribution in [1.82, 2.24) is 10.6 Å². The average Bonchev–Trinajstić information content (AvgIpc) is 3.64. The Balaban J connectivity index is 1.66. The second kappa shape index (κ2) is 12.2. The highest BCUT2D eigenvalue weighted by Gasteiger charge is 2.33. The van der Waals surface area contributed by atoms with Crippen LogP contribution < -0.4 is 15.4 Å². The van der Waals surface area contributed by atoms with Crippen LogP contribution >= 0.6 is 11.8 Å². The number of rotatable bonds is 12. The fourth-order valence-corrected chi connectivity index (χ4v) is 3.47. The van der Waals surface area contributed by atoms with Crippen LogP contribution in [-0.4, -0.2) is 48.5 Å². The maximum absolute atomic E-state index is 13.4. The van der Waals surface area contributed by atoms with Gasteiger partial charge in [0.05, 0.1) is 0 Å². The molecule has 2 atom stereocenters. The minimum atomic E-state index is -1.24. The lowest BCUT2D eigenvalue weighted by Crippen LogP contribution is -2.45. The normalized spacial score (nSPS) is 14.6. The Labute approximate surface area is 196 Å². The molecule has 2 amide bonds. The maximum atomic E-state index is 13.4. The molecule has 2 N–H and O–H groups in total. The number of carbonyl (C=O) groups excluding carboxylic acids is 3. The zero-order chi connectivity index (χ0) is 23.6. The van der Waals surface area contributed by atoms with Gasteiger partial charge in [0.15, 0.2) is 6.61 Å². The predicted molar refractivity (Wildman–Crippen MR) is 123 cm³/mol. The molecule has 2 aromatic rings. The molecule has 0 aliphatic heterocycles. The third-order valence-electron chi connectivity index (χ3n) is 4.91. The van der Waals surface area contributed by atoms with Crippen molar-refractivity contribution in [2.24, 2.45) is 0 Å². The van der Waals surface area contributed by atoms with Gasteiger partial charge in [-0.25, -0.2) is 9.18 Å². The summed E-state index contributed by atoms with van der Waals surface area (Å²) in [5.41, 5.74) is 0.352. The van der Waals surface area contributed by atoms with Gasteiger partial charge in [-0.3, -0.25) is 9.59 Å². The quantitative estimate of drug-likeness (QED) is 0.460. The van der Waals surface area contributed by atoms with E-state index in [1.54, 1.807) is 24.3 Å². The van der Waals surface area contributed by atoms with Gasteiger partial charge < -0.3 is 20.1 Å². The molecule has 0 radical (unpaired) electrons. The Bertz CT molecular complexity index is 938. The standard InChI is InChI=1S/C24H27FN2O5S/c1-33-14-13-20(27-21(28)15-31-19-5-3-2-4-6-19)24(30)32-22(23(29)26-18-11-12-18)16-7-9-17(25)10-8-16/h2-10,18,20,22H,11-15H2,1H3,(H,26,29)(H,27,28). The molecule has 0 aromatic heterocycles. The highest BCUT2D eigenvalue weighted by Crippen LogP contribution is 2.24. The molecule has 1 saturated carbocycles. The molecule has 176 valence electrons. The third-order valence-corrected chi connectivity index (χ3v) is 5.56. The molecule has 2 aromatic carbocycles. The van der Waals surface area contributed by atoms with Crippen molar-refractivity contribution in [3.63, 3.8) is 0 Å². The van der Waals surface area contributed by atoms with Crippen LogP contribution in [0.25, 0.3) is 0 Å². The van der Waals surface area contributed by atoms with E-state index in [0.29, 0.717) is 23.5 Å². The Morgan fingerprint density at radius 2 is 1.79 bits per heavy atom. The number of nitrogens with one attached hydrogen (secondary N) is 2. The van der Waals surface area contributed by atoms with Crippen molar-refractivity contribution in [2.45, 2.75) is 37.5 Å². The maximum Gasteiger partial charge on any atom is 0.329 e. The first-order valence-corrected chi connectivity index (χ1v) is 12.1. The van der Waals surface area contributed by atoms with Crippen molar-refractivity contribution >= 4 is 29.5 Å². The van der Waals surface area contributed by atoms with Gasteiger partial charge in [0, 0.05) is 11.6 Å². The lowest BCUT2D eigenvalue weighted by Gasteiger charge is -2.22. The fourth-order valence-electron chi connectivity index (χ4n) is 3.00. The van der Waals surface area contributed by atoms with E-state index in [0.717, 1.165) is 12.8 Å². The van der Waals surface area contributed by atoms with E-state index in [9.17, 15) is 18.8 Å². The van der Waals surface area contributed by atoms with Crippen LogP contribution in [0.15, 0.2) is 54.6 Å². The number of amides is 2. The zero-order valence-corrected chi connectivity index (χ0v) is 19.1. The number of ether oxygens (including phenoxy) is 2. The molecule has 1 aliphatic rings. The number of thioether (sulfide) groups is 1. The monoisotopic (exact) mass is 474 g/mol. The lowest BCUT2D eigenvalue weighted by atomic mass is 10.1. The molecule has 2 unspecified atom stereocenters. The minimum absolute atomic E-state index is 0.0567. The minimum Gasteiger partial charge on any atom is -0.484 e. The number of carbonyl (C=O) groups is 3.